The van der Waals surface area contributed by atoms with Crippen molar-refractivity contribution < 1.29 is 9.46 Å². The largest absolute Gasteiger partial charge is 0.346 e. The molecule has 1 unspecified atom stereocenters. The van der Waals surface area contributed by atoms with Crippen LogP contribution in [0.5, 0.6) is 0 Å². The number of benzene rings is 1. The highest BCUT2D eigenvalue weighted by Crippen LogP contribution is 2.22. The summed E-state index contributed by atoms with van der Waals surface area (Å²) in [5.41, 5.74) is 2.21. The molecule has 0 aliphatic rings. The van der Waals surface area contributed by atoms with Crippen LogP contribution in [0.15, 0.2) is 24.3 Å². The molecule has 1 aromatic carbocycles. The summed E-state index contributed by atoms with van der Waals surface area (Å²) in [7, 11) is -2.37. The summed E-state index contributed by atoms with van der Waals surface area (Å²) in [5, 5.41) is 0. The molecule has 0 radical (unpaired) electrons. The van der Waals surface area contributed by atoms with Crippen LogP contribution in [-0.2, 0) is 10.7 Å². The van der Waals surface area contributed by atoms with E-state index in [1.807, 2.05) is 24.3 Å². The van der Waals surface area contributed by atoms with Gasteiger partial charge in [-0.15, -0.1) is 0 Å². The fourth-order valence-electron chi connectivity index (χ4n) is 1.20. The Bertz CT molecular complexity index is 290. The quantitative estimate of drug-likeness (QED) is 0.758. The van der Waals surface area contributed by atoms with Crippen molar-refractivity contribution in [3.63, 3.8) is 0 Å². The molecule has 13 heavy (non-hydrogen) atoms. The first-order valence-corrected chi connectivity index (χ1v) is 5.96. The number of rotatable bonds is 3. The summed E-state index contributed by atoms with van der Waals surface area (Å²) in [5.74, 6) is 0.514. The van der Waals surface area contributed by atoms with Gasteiger partial charge in [0.1, 0.15) is 0 Å². The minimum atomic E-state index is -2.37. The highest BCUT2D eigenvalue weighted by Gasteiger charge is 2.00. The summed E-state index contributed by atoms with van der Waals surface area (Å²) in [6.07, 6.45) is 0.295. The molecule has 0 fully saturated rings. The second-order valence-electron chi connectivity index (χ2n) is 3.47. The average Bonchev–Trinajstić information content (AvgIpc) is 2.04. The first-order valence-electron chi connectivity index (χ1n) is 4.40. The Balaban J connectivity index is 2.75. The third-order valence-corrected chi connectivity index (χ3v) is 2.71. The highest BCUT2D eigenvalue weighted by molar-refractivity contribution is 7.37. The molecule has 0 heterocycles. The second kappa shape index (κ2) is 4.59. The normalized spacial score (nSPS) is 13.2. The highest BCUT2D eigenvalue weighted by atomic mass is 31.1. The van der Waals surface area contributed by atoms with Gasteiger partial charge < -0.3 is 4.89 Å². The molecule has 3 heteroatoms. The van der Waals surface area contributed by atoms with E-state index in [1.165, 1.54) is 5.56 Å². The fraction of sp³-hybridized carbons (Fsp3) is 0.400. The predicted molar refractivity (Wildman–Crippen MR) is 55.5 cm³/mol. The van der Waals surface area contributed by atoms with Crippen molar-refractivity contribution in [3.8, 4) is 0 Å². The Morgan fingerprint density at radius 2 is 1.85 bits per heavy atom. The zero-order valence-corrected chi connectivity index (χ0v) is 8.95. The van der Waals surface area contributed by atoms with Crippen LogP contribution >= 0.6 is 8.03 Å². The summed E-state index contributed by atoms with van der Waals surface area (Å²) in [6.45, 7) is 4.26. The van der Waals surface area contributed by atoms with E-state index in [0.717, 1.165) is 5.56 Å². The maximum atomic E-state index is 10.6. The van der Waals surface area contributed by atoms with Gasteiger partial charge in [-0.05, 0) is 17.0 Å². The molecule has 1 N–H and O–H groups in total. The van der Waals surface area contributed by atoms with E-state index in [2.05, 4.69) is 13.8 Å². The van der Waals surface area contributed by atoms with E-state index < -0.39 is 8.03 Å². The van der Waals surface area contributed by atoms with Gasteiger partial charge in [-0.3, -0.25) is 4.57 Å². The Morgan fingerprint density at radius 1 is 1.31 bits per heavy atom. The lowest BCUT2D eigenvalue weighted by Gasteiger charge is -2.05. The van der Waals surface area contributed by atoms with Crippen molar-refractivity contribution in [1.82, 2.24) is 0 Å². The van der Waals surface area contributed by atoms with Crippen LogP contribution in [0, 0.1) is 0 Å². The zero-order chi connectivity index (χ0) is 9.84. The molecular formula is C10H15O2P. The Morgan fingerprint density at radius 3 is 2.23 bits per heavy atom. The molecule has 1 aromatic rings. The summed E-state index contributed by atoms with van der Waals surface area (Å²) < 4.78 is 10.6. The molecule has 0 spiro atoms. The summed E-state index contributed by atoms with van der Waals surface area (Å²) >= 11 is 0. The predicted octanol–water partition coefficient (Wildman–Crippen LogP) is 2.78. The molecule has 0 aliphatic heterocycles. The molecule has 2 nitrogen and oxygen atoms in total. The molecule has 1 atom stereocenters. The van der Waals surface area contributed by atoms with Gasteiger partial charge >= 0.3 is 0 Å². The Labute approximate surface area is 79.5 Å². The van der Waals surface area contributed by atoms with Crippen LogP contribution in [0.3, 0.4) is 0 Å². The monoisotopic (exact) mass is 198 g/mol. The first-order chi connectivity index (χ1) is 6.09. The lowest BCUT2D eigenvalue weighted by Crippen LogP contribution is -1.87. The molecule has 72 valence electrons. The lowest BCUT2D eigenvalue weighted by atomic mass is 10.0. The van der Waals surface area contributed by atoms with Crippen LogP contribution in [0.1, 0.15) is 30.9 Å². The van der Waals surface area contributed by atoms with Crippen LogP contribution in [0.2, 0.25) is 0 Å². The van der Waals surface area contributed by atoms with E-state index in [9.17, 15) is 4.57 Å². The van der Waals surface area contributed by atoms with Crippen LogP contribution in [0.25, 0.3) is 0 Å². The average molecular weight is 198 g/mol. The zero-order valence-electron chi connectivity index (χ0n) is 7.95. The molecule has 1 rings (SSSR count). The van der Waals surface area contributed by atoms with Crippen LogP contribution in [-0.4, -0.2) is 4.89 Å². The van der Waals surface area contributed by atoms with Gasteiger partial charge in [0.05, 0.1) is 0 Å². The van der Waals surface area contributed by atoms with E-state index >= 15 is 0 Å². The van der Waals surface area contributed by atoms with Crippen molar-refractivity contribution in [3.05, 3.63) is 35.4 Å². The molecule has 0 aromatic heterocycles. The molecule has 0 saturated carbocycles. The minimum Gasteiger partial charge on any atom is -0.346 e. The topological polar surface area (TPSA) is 37.3 Å². The first kappa shape index (κ1) is 10.5. The fourth-order valence-corrected chi connectivity index (χ4v) is 1.78. The Hall–Kier alpha value is -0.590. The van der Waals surface area contributed by atoms with Crippen molar-refractivity contribution in [1.29, 1.82) is 0 Å². The van der Waals surface area contributed by atoms with E-state index in [0.29, 0.717) is 12.1 Å². The minimum absolute atomic E-state index is 0.295. The Kier molecular flexibility index (Phi) is 3.71. The van der Waals surface area contributed by atoms with Gasteiger partial charge in [-0.25, -0.2) is 0 Å². The molecular weight excluding hydrogens is 183 g/mol. The second-order valence-corrected chi connectivity index (χ2v) is 4.61. The van der Waals surface area contributed by atoms with Crippen LogP contribution < -0.4 is 0 Å². The van der Waals surface area contributed by atoms with Gasteiger partial charge in [0.25, 0.3) is 0 Å². The van der Waals surface area contributed by atoms with Crippen LogP contribution in [0.4, 0.5) is 0 Å². The van der Waals surface area contributed by atoms with Gasteiger partial charge in [0, 0.05) is 6.16 Å². The number of hydrogen-bond donors (Lipinski definition) is 1. The number of hydrogen-bond acceptors (Lipinski definition) is 1. The van der Waals surface area contributed by atoms with Gasteiger partial charge in [0.15, 0.2) is 8.03 Å². The standard InChI is InChI=1S/C10H15O2P/c1-8(2)10-5-3-9(4-6-10)7-13(11)12/h3-6,8,13H,7H2,1-2H3,(H,11,12). The third-order valence-electron chi connectivity index (χ3n) is 2.00. The lowest BCUT2D eigenvalue weighted by molar-refractivity contribution is 0.502. The maximum absolute atomic E-state index is 10.6. The van der Waals surface area contributed by atoms with Crippen molar-refractivity contribution in [2.24, 2.45) is 0 Å². The maximum Gasteiger partial charge on any atom is 0.193 e. The van der Waals surface area contributed by atoms with Gasteiger partial charge in [-0.1, -0.05) is 38.1 Å². The molecule has 0 aliphatic carbocycles. The van der Waals surface area contributed by atoms with Crippen molar-refractivity contribution in [2.45, 2.75) is 25.9 Å². The third kappa shape index (κ3) is 3.33. The van der Waals surface area contributed by atoms with E-state index in [1.54, 1.807) is 0 Å². The van der Waals surface area contributed by atoms with Gasteiger partial charge in [0.2, 0.25) is 0 Å². The smallest absolute Gasteiger partial charge is 0.193 e. The molecule has 0 amide bonds. The molecule has 0 saturated heterocycles. The molecule has 0 bridgehead atoms. The van der Waals surface area contributed by atoms with E-state index in [-0.39, 0.29) is 0 Å². The van der Waals surface area contributed by atoms with Crippen molar-refractivity contribution >= 4 is 8.03 Å². The van der Waals surface area contributed by atoms with Crippen molar-refractivity contribution in [2.75, 3.05) is 0 Å². The van der Waals surface area contributed by atoms with Gasteiger partial charge in [-0.2, -0.15) is 0 Å². The summed E-state index contributed by atoms with van der Waals surface area (Å²) in [4.78, 5) is 8.73. The van der Waals surface area contributed by atoms with E-state index in [4.69, 9.17) is 4.89 Å². The summed E-state index contributed by atoms with van der Waals surface area (Å²) in [6, 6.07) is 7.89. The SMILES string of the molecule is CC(C)c1ccc(C[PH](=O)O)cc1.